The van der Waals surface area contributed by atoms with Crippen LogP contribution in [0.3, 0.4) is 0 Å². The van der Waals surface area contributed by atoms with Gasteiger partial charge in [-0.05, 0) is 23.3 Å². The first-order valence-corrected chi connectivity index (χ1v) is 5.71. The van der Waals surface area contributed by atoms with Crippen LogP contribution in [0.2, 0.25) is 0 Å². The molecule has 4 heteroatoms. The van der Waals surface area contributed by atoms with Crippen LogP contribution in [0.1, 0.15) is 21.7 Å². The van der Waals surface area contributed by atoms with Crippen LogP contribution in [0.25, 0.3) is 11.3 Å². The van der Waals surface area contributed by atoms with Crippen molar-refractivity contribution in [2.75, 3.05) is 0 Å². The van der Waals surface area contributed by atoms with Gasteiger partial charge in [-0.3, -0.25) is 9.59 Å². The highest BCUT2D eigenvalue weighted by Crippen LogP contribution is 2.29. The lowest BCUT2D eigenvalue weighted by atomic mass is 9.94. The molecule has 0 saturated carbocycles. The fourth-order valence-corrected chi connectivity index (χ4v) is 2.22. The zero-order valence-electron chi connectivity index (χ0n) is 9.60. The van der Waals surface area contributed by atoms with Crippen LogP contribution in [-0.4, -0.2) is 12.2 Å². The van der Waals surface area contributed by atoms with E-state index in [1.165, 1.54) is 0 Å². The number of furan rings is 1. The number of amides is 1. The summed E-state index contributed by atoms with van der Waals surface area (Å²) in [5.41, 5.74) is 3.00. The summed E-state index contributed by atoms with van der Waals surface area (Å²) in [5.74, 6) is 1.00. The molecular weight excluding hydrogens is 230 g/mol. The van der Waals surface area contributed by atoms with Crippen molar-refractivity contribution in [3.63, 3.8) is 0 Å². The molecule has 0 spiro atoms. The van der Waals surface area contributed by atoms with Gasteiger partial charge in [0.15, 0.2) is 12.0 Å². The zero-order chi connectivity index (χ0) is 12.5. The maximum Gasteiger partial charge on any atom is 0.224 e. The molecule has 0 fully saturated rings. The zero-order valence-corrected chi connectivity index (χ0v) is 9.60. The number of carbonyl (C=O) groups excluding carboxylic acids is 2. The second-order valence-electron chi connectivity index (χ2n) is 4.22. The SMILES string of the molecule is O=Cc1ccc(-c2cccc3c2CNC(=O)C3)o1. The summed E-state index contributed by atoms with van der Waals surface area (Å²) in [6.45, 7) is 0.501. The van der Waals surface area contributed by atoms with Crippen LogP contribution in [-0.2, 0) is 17.8 Å². The molecule has 0 atom stereocenters. The highest BCUT2D eigenvalue weighted by molar-refractivity contribution is 5.83. The summed E-state index contributed by atoms with van der Waals surface area (Å²) in [4.78, 5) is 22.0. The Kier molecular flexibility index (Phi) is 2.48. The number of benzene rings is 1. The normalized spacial score (nSPS) is 13.9. The monoisotopic (exact) mass is 241 g/mol. The molecule has 1 aromatic heterocycles. The molecule has 2 aromatic rings. The summed E-state index contributed by atoms with van der Waals surface area (Å²) < 4.78 is 5.43. The quantitative estimate of drug-likeness (QED) is 0.817. The van der Waals surface area contributed by atoms with Crippen LogP contribution in [0.15, 0.2) is 34.7 Å². The third kappa shape index (κ3) is 1.72. The number of carbonyl (C=O) groups is 2. The first-order valence-electron chi connectivity index (χ1n) is 5.71. The van der Waals surface area contributed by atoms with Gasteiger partial charge < -0.3 is 9.73 Å². The molecule has 18 heavy (non-hydrogen) atoms. The first kappa shape index (κ1) is 10.8. The van der Waals surface area contributed by atoms with Gasteiger partial charge in [0.05, 0.1) is 6.42 Å². The number of hydrogen-bond donors (Lipinski definition) is 1. The molecule has 1 aromatic carbocycles. The molecule has 1 aliphatic rings. The van der Waals surface area contributed by atoms with Gasteiger partial charge in [-0.2, -0.15) is 0 Å². The van der Waals surface area contributed by atoms with Crippen molar-refractivity contribution in [3.05, 3.63) is 47.2 Å². The third-order valence-corrected chi connectivity index (χ3v) is 3.09. The molecule has 2 heterocycles. The molecule has 1 N–H and O–H groups in total. The van der Waals surface area contributed by atoms with E-state index in [-0.39, 0.29) is 5.91 Å². The van der Waals surface area contributed by atoms with Crippen LogP contribution in [0.5, 0.6) is 0 Å². The highest BCUT2D eigenvalue weighted by Gasteiger charge is 2.19. The summed E-state index contributed by atoms with van der Waals surface area (Å²) in [7, 11) is 0. The van der Waals surface area contributed by atoms with Crippen molar-refractivity contribution >= 4 is 12.2 Å². The standard InChI is InChI=1S/C14H11NO3/c16-8-10-4-5-13(18-10)11-3-1-2-9-6-14(17)15-7-12(9)11/h1-5,8H,6-7H2,(H,15,17). The number of rotatable bonds is 2. The Morgan fingerprint density at radius 3 is 2.89 bits per heavy atom. The van der Waals surface area contributed by atoms with Crippen LogP contribution in [0, 0.1) is 0 Å². The highest BCUT2D eigenvalue weighted by atomic mass is 16.3. The second kappa shape index (κ2) is 4.14. The molecular formula is C14H11NO3. The average molecular weight is 241 g/mol. The number of hydrogen-bond acceptors (Lipinski definition) is 3. The smallest absolute Gasteiger partial charge is 0.224 e. The predicted molar refractivity (Wildman–Crippen MR) is 65.1 cm³/mol. The van der Waals surface area contributed by atoms with Crippen molar-refractivity contribution in [2.24, 2.45) is 0 Å². The van der Waals surface area contributed by atoms with E-state index in [1.807, 2.05) is 18.2 Å². The lowest BCUT2D eigenvalue weighted by Crippen LogP contribution is -2.30. The minimum atomic E-state index is 0.0349. The molecule has 1 amide bonds. The second-order valence-corrected chi connectivity index (χ2v) is 4.22. The van der Waals surface area contributed by atoms with E-state index in [1.54, 1.807) is 12.1 Å². The Bertz CT molecular complexity index is 628. The Hall–Kier alpha value is -2.36. The van der Waals surface area contributed by atoms with Crippen molar-refractivity contribution in [1.29, 1.82) is 0 Å². The predicted octanol–water partition coefficient (Wildman–Crippen LogP) is 1.93. The topological polar surface area (TPSA) is 59.3 Å². The molecule has 0 aliphatic carbocycles. The third-order valence-electron chi connectivity index (χ3n) is 3.09. The average Bonchev–Trinajstić information content (AvgIpc) is 2.86. The molecule has 1 aliphatic heterocycles. The lowest BCUT2D eigenvalue weighted by molar-refractivity contribution is -0.121. The van der Waals surface area contributed by atoms with Crippen molar-refractivity contribution in [2.45, 2.75) is 13.0 Å². The first-order chi connectivity index (χ1) is 8.78. The Morgan fingerprint density at radius 2 is 2.11 bits per heavy atom. The molecule has 0 radical (unpaired) electrons. The Balaban J connectivity index is 2.10. The van der Waals surface area contributed by atoms with Crippen LogP contribution >= 0.6 is 0 Å². The maximum atomic E-state index is 11.3. The van der Waals surface area contributed by atoms with Gasteiger partial charge in [0.25, 0.3) is 0 Å². The summed E-state index contributed by atoms with van der Waals surface area (Å²) in [6, 6.07) is 9.19. The number of fused-ring (bicyclic) bond motifs is 1. The number of nitrogens with one attached hydrogen (secondary N) is 1. The number of aldehydes is 1. The van der Waals surface area contributed by atoms with Crippen LogP contribution < -0.4 is 5.32 Å². The Labute approximate surface area is 104 Å². The maximum absolute atomic E-state index is 11.3. The van der Waals surface area contributed by atoms with E-state index in [2.05, 4.69) is 5.32 Å². The van der Waals surface area contributed by atoms with E-state index in [0.29, 0.717) is 30.8 Å². The van der Waals surface area contributed by atoms with Crippen LogP contribution in [0.4, 0.5) is 0 Å². The molecule has 3 rings (SSSR count). The minimum absolute atomic E-state index is 0.0349. The molecule has 90 valence electrons. The summed E-state index contributed by atoms with van der Waals surface area (Å²) in [5, 5.41) is 2.82. The fraction of sp³-hybridized carbons (Fsp3) is 0.143. The minimum Gasteiger partial charge on any atom is -0.453 e. The Morgan fingerprint density at radius 1 is 1.22 bits per heavy atom. The van der Waals surface area contributed by atoms with Crippen molar-refractivity contribution in [1.82, 2.24) is 5.32 Å². The van der Waals surface area contributed by atoms with E-state index < -0.39 is 0 Å². The summed E-state index contributed by atoms with van der Waals surface area (Å²) >= 11 is 0. The molecule has 4 nitrogen and oxygen atoms in total. The fourth-order valence-electron chi connectivity index (χ4n) is 2.22. The summed E-state index contributed by atoms with van der Waals surface area (Å²) in [6.07, 6.45) is 1.07. The van der Waals surface area contributed by atoms with Crippen molar-refractivity contribution in [3.8, 4) is 11.3 Å². The van der Waals surface area contributed by atoms with Gasteiger partial charge in [-0.15, -0.1) is 0 Å². The van der Waals surface area contributed by atoms with Gasteiger partial charge in [-0.1, -0.05) is 18.2 Å². The van der Waals surface area contributed by atoms with Gasteiger partial charge >= 0.3 is 0 Å². The van der Waals surface area contributed by atoms with E-state index in [4.69, 9.17) is 4.42 Å². The molecule has 0 unspecified atom stereocenters. The van der Waals surface area contributed by atoms with E-state index in [0.717, 1.165) is 16.7 Å². The van der Waals surface area contributed by atoms with Crippen molar-refractivity contribution < 1.29 is 14.0 Å². The molecule has 0 saturated heterocycles. The lowest BCUT2D eigenvalue weighted by Gasteiger charge is -2.19. The van der Waals surface area contributed by atoms with Gasteiger partial charge in [0, 0.05) is 12.1 Å². The van der Waals surface area contributed by atoms with E-state index >= 15 is 0 Å². The van der Waals surface area contributed by atoms with Gasteiger partial charge in [0.2, 0.25) is 5.91 Å². The van der Waals surface area contributed by atoms with E-state index in [9.17, 15) is 9.59 Å². The van der Waals surface area contributed by atoms with Gasteiger partial charge in [0.1, 0.15) is 5.76 Å². The van der Waals surface area contributed by atoms with Gasteiger partial charge in [-0.25, -0.2) is 0 Å². The molecule has 0 bridgehead atoms. The largest absolute Gasteiger partial charge is 0.453 e.